The number of hydrogen-bond donors (Lipinski definition) is 1. The molecule has 0 aliphatic carbocycles. The van der Waals surface area contributed by atoms with Crippen LogP contribution < -0.4 is 5.32 Å². The van der Waals surface area contributed by atoms with Crippen LogP contribution in [0.2, 0.25) is 5.02 Å². The van der Waals surface area contributed by atoms with Gasteiger partial charge < -0.3 is 5.32 Å². The maximum absolute atomic E-state index is 13.2. The fourth-order valence-electron chi connectivity index (χ4n) is 2.26. The number of benzene rings is 2. The van der Waals surface area contributed by atoms with Gasteiger partial charge in [0.05, 0.1) is 9.93 Å². The van der Waals surface area contributed by atoms with Gasteiger partial charge in [0.25, 0.3) is 11.1 Å². The van der Waals surface area contributed by atoms with Crippen molar-refractivity contribution in [2.45, 2.75) is 0 Å². The van der Waals surface area contributed by atoms with Crippen LogP contribution in [-0.4, -0.2) is 28.5 Å². The van der Waals surface area contributed by atoms with Crippen LogP contribution >= 0.6 is 39.3 Å². The predicted octanol–water partition coefficient (Wildman–Crippen LogP) is 4.92. The first-order valence-electron chi connectivity index (χ1n) is 7.59. The zero-order chi connectivity index (χ0) is 19.6. The molecule has 1 fully saturated rings. The summed E-state index contributed by atoms with van der Waals surface area (Å²) in [5.41, 5.74) is 1.03. The summed E-state index contributed by atoms with van der Waals surface area (Å²) in [6, 6.07) is 10.9. The molecule has 0 aromatic heterocycles. The van der Waals surface area contributed by atoms with E-state index in [0.717, 1.165) is 32.8 Å². The Kier molecular flexibility index (Phi) is 5.98. The van der Waals surface area contributed by atoms with Crippen molar-refractivity contribution in [2.75, 3.05) is 11.9 Å². The van der Waals surface area contributed by atoms with E-state index in [1.807, 2.05) is 12.1 Å². The molecule has 0 saturated carbocycles. The van der Waals surface area contributed by atoms with Gasteiger partial charge >= 0.3 is 0 Å². The average molecular weight is 470 g/mol. The monoisotopic (exact) mass is 468 g/mol. The molecule has 2 aromatic rings. The normalized spacial score (nSPS) is 15.5. The molecule has 1 aliphatic rings. The van der Waals surface area contributed by atoms with Crippen LogP contribution in [-0.2, 0) is 9.59 Å². The van der Waals surface area contributed by atoms with E-state index >= 15 is 0 Å². The van der Waals surface area contributed by atoms with E-state index in [2.05, 4.69) is 21.2 Å². The topological polar surface area (TPSA) is 66.5 Å². The first-order valence-corrected chi connectivity index (χ1v) is 9.58. The third-order valence-electron chi connectivity index (χ3n) is 3.55. The molecule has 0 spiro atoms. The molecule has 1 saturated heterocycles. The van der Waals surface area contributed by atoms with E-state index in [-0.39, 0.29) is 15.6 Å². The standard InChI is InChI=1S/C18H11BrClFN2O3S/c19-11-3-1-10(2-4-11)7-15-17(25)23(18(26)27-15)9-16(24)22-12-5-6-14(21)13(20)8-12/h1-8H,9H2,(H,22,24)/b15-7+. The number of imide groups is 1. The fraction of sp³-hybridized carbons (Fsp3) is 0.0556. The van der Waals surface area contributed by atoms with E-state index in [0.29, 0.717) is 0 Å². The molecule has 5 nitrogen and oxygen atoms in total. The Balaban J connectivity index is 1.68. The molecule has 1 heterocycles. The molecule has 1 N–H and O–H groups in total. The summed E-state index contributed by atoms with van der Waals surface area (Å²) < 4.78 is 14.1. The van der Waals surface area contributed by atoms with Crippen molar-refractivity contribution in [3.8, 4) is 0 Å². The molecule has 0 unspecified atom stereocenters. The lowest BCUT2D eigenvalue weighted by Crippen LogP contribution is -2.36. The smallest absolute Gasteiger partial charge is 0.294 e. The van der Waals surface area contributed by atoms with E-state index in [1.165, 1.54) is 12.1 Å². The number of anilines is 1. The van der Waals surface area contributed by atoms with E-state index < -0.39 is 29.4 Å². The highest BCUT2D eigenvalue weighted by Crippen LogP contribution is 2.32. The molecule has 2 aromatic carbocycles. The summed E-state index contributed by atoms with van der Waals surface area (Å²) in [6.07, 6.45) is 1.59. The molecule has 3 amide bonds. The Hall–Kier alpha value is -2.16. The minimum atomic E-state index is -0.612. The first kappa shape index (κ1) is 19.6. The maximum atomic E-state index is 13.2. The molecule has 0 bridgehead atoms. The summed E-state index contributed by atoms with van der Waals surface area (Å²) in [6.45, 7) is -0.447. The highest BCUT2D eigenvalue weighted by molar-refractivity contribution is 9.10. The number of thioether (sulfide) groups is 1. The highest BCUT2D eigenvalue weighted by atomic mass is 79.9. The van der Waals surface area contributed by atoms with Gasteiger partial charge in [-0.15, -0.1) is 0 Å². The largest absolute Gasteiger partial charge is 0.324 e. The molecule has 1 aliphatic heterocycles. The fourth-order valence-corrected chi connectivity index (χ4v) is 3.55. The number of hydrogen-bond acceptors (Lipinski definition) is 4. The Morgan fingerprint density at radius 1 is 1.22 bits per heavy atom. The van der Waals surface area contributed by atoms with Gasteiger partial charge in [-0.3, -0.25) is 19.3 Å². The molecule has 0 radical (unpaired) electrons. The molecule has 138 valence electrons. The quantitative estimate of drug-likeness (QED) is 0.646. The van der Waals surface area contributed by atoms with Gasteiger partial charge in [-0.1, -0.05) is 39.7 Å². The number of nitrogens with zero attached hydrogens (tertiary/aromatic N) is 1. The summed E-state index contributed by atoms with van der Waals surface area (Å²) in [7, 11) is 0. The van der Waals surface area contributed by atoms with Crippen molar-refractivity contribution in [1.82, 2.24) is 4.90 Å². The lowest BCUT2D eigenvalue weighted by molar-refractivity contribution is -0.127. The van der Waals surface area contributed by atoms with E-state index in [1.54, 1.807) is 18.2 Å². The van der Waals surface area contributed by atoms with Crippen molar-refractivity contribution in [2.24, 2.45) is 0 Å². The van der Waals surface area contributed by atoms with Crippen molar-refractivity contribution < 1.29 is 18.8 Å². The SMILES string of the molecule is O=C(CN1C(=O)S/C(=C/c2ccc(Br)cc2)C1=O)Nc1ccc(F)c(Cl)c1. The predicted molar refractivity (Wildman–Crippen MR) is 107 cm³/mol. The van der Waals surface area contributed by atoms with Gasteiger partial charge in [0.15, 0.2) is 0 Å². The van der Waals surface area contributed by atoms with Crippen LogP contribution in [0.15, 0.2) is 51.8 Å². The Bertz CT molecular complexity index is 966. The van der Waals surface area contributed by atoms with Crippen LogP contribution in [0.25, 0.3) is 6.08 Å². The molecule has 27 heavy (non-hydrogen) atoms. The van der Waals surface area contributed by atoms with Crippen molar-refractivity contribution in [1.29, 1.82) is 0 Å². The van der Waals surface area contributed by atoms with Gasteiger partial charge in [0.1, 0.15) is 12.4 Å². The first-order chi connectivity index (χ1) is 12.8. The van der Waals surface area contributed by atoms with Crippen LogP contribution in [0.5, 0.6) is 0 Å². The Morgan fingerprint density at radius 3 is 2.59 bits per heavy atom. The second-order valence-corrected chi connectivity index (χ2v) is 7.81. The summed E-state index contributed by atoms with van der Waals surface area (Å²) in [4.78, 5) is 37.7. The summed E-state index contributed by atoms with van der Waals surface area (Å²) in [5, 5.41) is 1.80. The van der Waals surface area contributed by atoms with Crippen LogP contribution in [0.3, 0.4) is 0 Å². The van der Waals surface area contributed by atoms with Crippen LogP contribution in [0.4, 0.5) is 14.9 Å². The number of rotatable bonds is 4. The molecular formula is C18H11BrClFN2O3S. The second kappa shape index (κ2) is 8.24. The number of amides is 3. The van der Waals surface area contributed by atoms with Crippen LogP contribution in [0.1, 0.15) is 5.56 Å². The summed E-state index contributed by atoms with van der Waals surface area (Å²) >= 11 is 9.75. The number of carbonyl (C=O) groups excluding carboxylic acids is 3. The zero-order valence-corrected chi connectivity index (χ0v) is 16.7. The maximum Gasteiger partial charge on any atom is 0.294 e. The third-order valence-corrected chi connectivity index (χ3v) is 5.27. The van der Waals surface area contributed by atoms with Gasteiger partial charge in [0.2, 0.25) is 5.91 Å². The molecular weight excluding hydrogens is 459 g/mol. The number of halogens is 3. The van der Waals surface area contributed by atoms with E-state index in [9.17, 15) is 18.8 Å². The van der Waals surface area contributed by atoms with Gasteiger partial charge in [-0.2, -0.15) is 0 Å². The minimum Gasteiger partial charge on any atom is -0.324 e. The van der Waals surface area contributed by atoms with Crippen molar-refractivity contribution >= 4 is 68.1 Å². The number of carbonyl (C=O) groups is 3. The molecule has 0 atom stereocenters. The van der Waals surface area contributed by atoms with Crippen LogP contribution in [0, 0.1) is 5.82 Å². The third kappa shape index (κ3) is 4.77. The molecule has 9 heteroatoms. The Morgan fingerprint density at radius 2 is 1.93 bits per heavy atom. The Labute approximate surface area is 171 Å². The van der Waals surface area contributed by atoms with Gasteiger partial charge in [-0.05, 0) is 53.7 Å². The summed E-state index contributed by atoms with van der Waals surface area (Å²) in [5.74, 6) is -1.75. The second-order valence-electron chi connectivity index (χ2n) is 5.50. The zero-order valence-electron chi connectivity index (χ0n) is 13.5. The van der Waals surface area contributed by atoms with Crippen molar-refractivity contribution in [3.05, 3.63) is 68.2 Å². The molecule has 3 rings (SSSR count). The number of nitrogens with one attached hydrogen (secondary N) is 1. The van der Waals surface area contributed by atoms with Gasteiger partial charge in [-0.25, -0.2) is 4.39 Å². The van der Waals surface area contributed by atoms with Gasteiger partial charge in [0, 0.05) is 10.2 Å². The minimum absolute atomic E-state index is 0.142. The lowest BCUT2D eigenvalue weighted by atomic mass is 10.2. The highest BCUT2D eigenvalue weighted by Gasteiger charge is 2.36. The average Bonchev–Trinajstić information content (AvgIpc) is 2.87. The lowest BCUT2D eigenvalue weighted by Gasteiger charge is -2.12. The van der Waals surface area contributed by atoms with Crippen molar-refractivity contribution in [3.63, 3.8) is 0 Å². The van der Waals surface area contributed by atoms with E-state index in [4.69, 9.17) is 11.6 Å².